The van der Waals surface area contributed by atoms with Crippen molar-refractivity contribution in [3.8, 4) is 0 Å². The molecule has 0 aliphatic carbocycles. The number of carbonyl (C=O) groups is 1. The maximum atomic E-state index is 12.5. The molecule has 0 radical (unpaired) electrons. The van der Waals surface area contributed by atoms with Gasteiger partial charge in [0.05, 0.1) is 4.90 Å². The Kier molecular flexibility index (Phi) is 5.03. The van der Waals surface area contributed by atoms with Crippen LogP contribution in [0.1, 0.15) is 12.0 Å². The van der Waals surface area contributed by atoms with Gasteiger partial charge in [0.2, 0.25) is 15.7 Å². The van der Waals surface area contributed by atoms with Crippen molar-refractivity contribution >= 4 is 32.3 Å². The summed E-state index contributed by atoms with van der Waals surface area (Å²) in [6.45, 7) is 0. The molecule has 0 aliphatic rings. The lowest BCUT2D eigenvalue weighted by atomic mass is 10.1. The van der Waals surface area contributed by atoms with Crippen LogP contribution in [0, 0.1) is 0 Å². The average molecular weight is 378 g/mol. The number of nitrogens with one attached hydrogen (secondary N) is 2. The molecule has 0 bridgehead atoms. The number of amides is 1. The number of alkyl halides is 2. The summed E-state index contributed by atoms with van der Waals surface area (Å²) >= 11 is 0. The van der Waals surface area contributed by atoms with Crippen LogP contribution in [-0.2, 0) is 21.1 Å². The number of hydrogen-bond donors (Lipinski definition) is 2. The van der Waals surface area contributed by atoms with Crippen LogP contribution in [0.4, 0.5) is 14.5 Å². The SMILES string of the molecule is O=C(CCc1c[nH]c2ccccc12)Nc1ccc(S(=O)(=O)C(F)F)cc1. The predicted molar refractivity (Wildman–Crippen MR) is 94.9 cm³/mol. The van der Waals surface area contributed by atoms with Crippen molar-refractivity contribution in [1.82, 2.24) is 4.98 Å². The predicted octanol–water partition coefficient (Wildman–Crippen LogP) is 3.74. The summed E-state index contributed by atoms with van der Waals surface area (Å²) in [5, 5.41) is 3.69. The lowest BCUT2D eigenvalue weighted by Gasteiger charge is -2.07. The molecule has 0 unspecified atom stereocenters. The fraction of sp³-hybridized carbons (Fsp3) is 0.167. The van der Waals surface area contributed by atoms with Crippen LogP contribution in [0.2, 0.25) is 0 Å². The number of rotatable bonds is 6. The van der Waals surface area contributed by atoms with Crippen molar-refractivity contribution in [2.45, 2.75) is 23.5 Å². The Hall–Kier alpha value is -2.74. The Bertz CT molecular complexity index is 1030. The first kappa shape index (κ1) is 18.1. The van der Waals surface area contributed by atoms with Gasteiger partial charge in [0, 0.05) is 29.2 Å². The zero-order chi connectivity index (χ0) is 18.7. The zero-order valence-electron chi connectivity index (χ0n) is 13.6. The van der Waals surface area contributed by atoms with E-state index in [1.165, 1.54) is 12.1 Å². The van der Waals surface area contributed by atoms with Gasteiger partial charge in [0.1, 0.15) is 0 Å². The van der Waals surface area contributed by atoms with E-state index in [0.717, 1.165) is 28.6 Å². The highest BCUT2D eigenvalue weighted by Crippen LogP contribution is 2.21. The zero-order valence-corrected chi connectivity index (χ0v) is 14.4. The average Bonchev–Trinajstić information content (AvgIpc) is 3.03. The number of para-hydroxylation sites is 1. The molecule has 0 fully saturated rings. The van der Waals surface area contributed by atoms with Crippen molar-refractivity contribution in [1.29, 1.82) is 0 Å². The standard InChI is InChI=1S/C18H16F2N2O3S/c19-18(20)26(24,25)14-8-6-13(7-9-14)22-17(23)10-5-12-11-21-16-4-2-1-3-15(12)16/h1-4,6-9,11,18,21H,5,10H2,(H,22,23). The van der Waals surface area contributed by atoms with E-state index < -0.39 is 20.5 Å². The number of fused-ring (bicyclic) bond motifs is 1. The molecule has 0 spiro atoms. The van der Waals surface area contributed by atoms with E-state index in [4.69, 9.17) is 0 Å². The Morgan fingerprint density at radius 1 is 1.08 bits per heavy atom. The molecule has 5 nitrogen and oxygen atoms in total. The molecule has 0 saturated heterocycles. The number of aromatic nitrogens is 1. The minimum atomic E-state index is -4.63. The third-order valence-corrected chi connectivity index (χ3v) is 5.40. The number of benzene rings is 2. The summed E-state index contributed by atoms with van der Waals surface area (Å²) < 4.78 is 47.7. The normalized spacial score (nSPS) is 11.8. The summed E-state index contributed by atoms with van der Waals surface area (Å²) in [4.78, 5) is 14.7. The molecule has 0 saturated carbocycles. The highest BCUT2D eigenvalue weighted by atomic mass is 32.2. The van der Waals surface area contributed by atoms with Gasteiger partial charge >= 0.3 is 5.76 Å². The number of aryl methyl sites for hydroxylation is 1. The topological polar surface area (TPSA) is 79.0 Å². The van der Waals surface area contributed by atoms with Gasteiger partial charge in [0.15, 0.2) is 0 Å². The summed E-state index contributed by atoms with van der Waals surface area (Å²) in [6, 6.07) is 12.5. The van der Waals surface area contributed by atoms with Crippen molar-refractivity contribution in [3.63, 3.8) is 0 Å². The van der Waals surface area contributed by atoms with Gasteiger partial charge in [-0.2, -0.15) is 8.78 Å². The number of H-pyrrole nitrogens is 1. The van der Waals surface area contributed by atoms with Gasteiger partial charge in [-0.3, -0.25) is 4.79 Å². The largest absolute Gasteiger partial charge is 0.361 e. The van der Waals surface area contributed by atoms with E-state index >= 15 is 0 Å². The molecule has 3 rings (SSSR count). The van der Waals surface area contributed by atoms with Crippen LogP contribution < -0.4 is 5.32 Å². The van der Waals surface area contributed by atoms with E-state index in [1.807, 2.05) is 30.5 Å². The van der Waals surface area contributed by atoms with Gasteiger partial charge in [0.25, 0.3) is 0 Å². The first-order chi connectivity index (χ1) is 12.4. The number of aromatic amines is 1. The van der Waals surface area contributed by atoms with Gasteiger partial charge in [-0.05, 0) is 42.3 Å². The lowest BCUT2D eigenvalue weighted by molar-refractivity contribution is -0.116. The van der Waals surface area contributed by atoms with Crippen molar-refractivity contribution in [3.05, 3.63) is 60.3 Å². The van der Waals surface area contributed by atoms with Gasteiger partial charge in [-0.25, -0.2) is 8.42 Å². The Morgan fingerprint density at radius 3 is 2.46 bits per heavy atom. The van der Waals surface area contributed by atoms with Crippen LogP contribution in [0.5, 0.6) is 0 Å². The van der Waals surface area contributed by atoms with Crippen LogP contribution in [0.25, 0.3) is 10.9 Å². The summed E-state index contributed by atoms with van der Waals surface area (Å²) in [6.07, 6.45) is 2.63. The monoisotopic (exact) mass is 378 g/mol. The molecule has 26 heavy (non-hydrogen) atoms. The highest BCUT2D eigenvalue weighted by Gasteiger charge is 2.26. The lowest BCUT2D eigenvalue weighted by Crippen LogP contribution is -2.13. The smallest absolute Gasteiger partial charge is 0.341 e. The fourth-order valence-corrected chi connectivity index (χ4v) is 3.36. The molecule has 136 valence electrons. The molecule has 1 aromatic heterocycles. The first-order valence-electron chi connectivity index (χ1n) is 7.85. The van der Waals surface area contributed by atoms with Crippen LogP contribution in [0.3, 0.4) is 0 Å². The number of halogens is 2. The van der Waals surface area contributed by atoms with E-state index in [1.54, 1.807) is 0 Å². The number of hydrogen-bond acceptors (Lipinski definition) is 3. The molecule has 0 atom stereocenters. The van der Waals surface area contributed by atoms with Gasteiger partial charge < -0.3 is 10.3 Å². The van der Waals surface area contributed by atoms with Gasteiger partial charge in [-0.1, -0.05) is 18.2 Å². The third kappa shape index (κ3) is 3.75. The molecule has 1 heterocycles. The molecule has 0 aliphatic heterocycles. The fourth-order valence-electron chi connectivity index (χ4n) is 2.64. The van der Waals surface area contributed by atoms with Crippen LogP contribution >= 0.6 is 0 Å². The molecule has 2 N–H and O–H groups in total. The first-order valence-corrected chi connectivity index (χ1v) is 9.39. The summed E-state index contributed by atoms with van der Waals surface area (Å²) in [5.74, 6) is -3.72. The van der Waals surface area contributed by atoms with E-state index in [2.05, 4.69) is 10.3 Å². The second kappa shape index (κ2) is 7.25. The molecule has 2 aromatic carbocycles. The molecule has 1 amide bonds. The number of sulfone groups is 1. The minimum Gasteiger partial charge on any atom is -0.361 e. The second-order valence-corrected chi connectivity index (χ2v) is 7.66. The third-order valence-electron chi connectivity index (χ3n) is 4.00. The molecule has 3 aromatic rings. The second-order valence-electron chi connectivity index (χ2n) is 5.74. The number of anilines is 1. The minimum absolute atomic E-state index is 0.235. The Morgan fingerprint density at radius 2 is 1.77 bits per heavy atom. The van der Waals surface area contributed by atoms with Crippen molar-refractivity contribution in [2.75, 3.05) is 5.32 Å². The quantitative estimate of drug-likeness (QED) is 0.686. The Balaban J connectivity index is 1.62. The van der Waals surface area contributed by atoms with Crippen molar-refractivity contribution in [2.24, 2.45) is 0 Å². The van der Waals surface area contributed by atoms with Gasteiger partial charge in [-0.15, -0.1) is 0 Å². The maximum Gasteiger partial charge on any atom is 0.341 e. The van der Waals surface area contributed by atoms with Crippen molar-refractivity contribution < 1.29 is 22.0 Å². The van der Waals surface area contributed by atoms with E-state index in [9.17, 15) is 22.0 Å². The van der Waals surface area contributed by atoms with Crippen LogP contribution in [-0.4, -0.2) is 25.1 Å². The maximum absolute atomic E-state index is 12.5. The highest BCUT2D eigenvalue weighted by molar-refractivity contribution is 7.91. The van der Waals surface area contributed by atoms with E-state index in [-0.39, 0.29) is 12.3 Å². The number of carbonyl (C=O) groups excluding carboxylic acids is 1. The summed E-state index contributed by atoms with van der Waals surface area (Å²) in [5.41, 5.74) is 2.37. The molecule has 8 heteroatoms. The Labute approximate surface area is 149 Å². The van der Waals surface area contributed by atoms with E-state index in [0.29, 0.717) is 12.1 Å². The van der Waals surface area contributed by atoms with Crippen LogP contribution in [0.15, 0.2) is 59.6 Å². The summed E-state index contributed by atoms with van der Waals surface area (Å²) in [7, 11) is -4.63. The molecular weight excluding hydrogens is 362 g/mol. The molecular formula is C18H16F2N2O3S.